The molecule has 0 spiro atoms. The molecule has 1 aromatic heterocycles. The lowest BCUT2D eigenvalue weighted by molar-refractivity contribution is -0.132. The van der Waals surface area contributed by atoms with Crippen molar-refractivity contribution >= 4 is 36.5 Å². The number of nitrogens with zero attached hydrogens (tertiary/aromatic N) is 4. The van der Waals surface area contributed by atoms with Crippen molar-refractivity contribution in [3.05, 3.63) is 18.3 Å². The van der Waals surface area contributed by atoms with Gasteiger partial charge < -0.3 is 15.1 Å². The Morgan fingerprint density at radius 1 is 1.23 bits per heavy atom. The van der Waals surface area contributed by atoms with Crippen molar-refractivity contribution in [2.24, 2.45) is 5.92 Å². The molecule has 0 atom stereocenters. The Balaban J connectivity index is 0.00000169. The molecule has 2 fully saturated rings. The fourth-order valence-corrected chi connectivity index (χ4v) is 3.82. The summed E-state index contributed by atoms with van der Waals surface area (Å²) in [6.07, 6.45) is 7.89. The molecule has 1 amide bonds. The Kier molecular flexibility index (Phi) is 10.2. The van der Waals surface area contributed by atoms with Crippen LogP contribution in [0.4, 0.5) is 5.82 Å². The largest absolute Gasteiger partial charge is 0.355 e. The Bertz CT molecular complexity index is 520. The van der Waals surface area contributed by atoms with Crippen LogP contribution in [0.2, 0.25) is 0 Å². The third-order valence-corrected chi connectivity index (χ3v) is 5.51. The van der Waals surface area contributed by atoms with Crippen LogP contribution in [0.1, 0.15) is 38.5 Å². The van der Waals surface area contributed by atoms with Gasteiger partial charge >= 0.3 is 0 Å². The second-order valence-electron chi connectivity index (χ2n) is 7.04. The first kappa shape index (κ1) is 22.9. The number of anilines is 1. The van der Waals surface area contributed by atoms with Gasteiger partial charge in [0, 0.05) is 38.8 Å². The Morgan fingerprint density at radius 3 is 2.54 bits per heavy atom. The lowest BCUT2D eigenvalue weighted by Gasteiger charge is -2.37. The minimum absolute atomic E-state index is 0. The Morgan fingerprint density at radius 2 is 1.92 bits per heavy atom. The molecule has 0 aliphatic carbocycles. The van der Waals surface area contributed by atoms with E-state index in [0.29, 0.717) is 18.4 Å². The van der Waals surface area contributed by atoms with Crippen LogP contribution in [0.5, 0.6) is 0 Å². The lowest BCUT2D eigenvalue weighted by atomic mass is 9.92. The highest BCUT2D eigenvalue weighted by Crippen LogP contribution is 2.22. The van der Waals surface area contributed by atoms with Gasteiger partial charge in [0.15, 0.2) is 5.82 Å². The highest BCUT2D eigenvalue weighted by molar-refractivity contribution is 5.85. The number of carbonyl (C=O) groups is 1. The molecule has 1 N–H and O–H groups in total. The van der Waals surface area contributed by atoms with Crippen LogP contribution in [-0.4, -0.2) is 60.3 Å². The van der Waals surface area contributed by atoms with Crippen LogP contribution in [0, 0.1) is 5.92 Å². The fraction of sp³-hybridized carbons (Fsp3) is 0.722. The van der Waals surface area contributed by atoms with Crippen LogP contribution in [0.3, 0.4) is 0 Å². The SMILES string of the molecule is CN(C(=O)CCC1CCNCC1)C1CCN(c2cccnn2)CC1.Cl.Cl. The first-order chi connectivity index (χ1) is 11.7. The molecular formula is C18H31Cl2N5O. The van der Waals surface area contributed by atoms with Crippen molar-refractivity contribution in [1.29, 1.82) is 0 Å². The highest BCUT2D eigenvalue weighted by atomic mass is 35.5. The summed E-state index contributed by atoms with van der Waals surface area (Å²) >= 11 is 0. The molecule has 2 aliphatic heterocycles. The van der Waals surface area contributed by atoms with E-state index in [0.717, 1.165) is 57.2 Å². The van der Waals surface area contributed by atoms with Gasteiger partial charge in [-0.05, 0) is 63.2 Å². The maximum atomic E-state index is 12.5. The third kappa shape index (κ3) is 6.25. The number of amides is 1. The molecule has 2 aliphatic rings. The van der Waals surface area contributed by atoms with E-state index in [9.17, 15) is 4.79 Å². The van der Waals surface area contributed by atoms with Crippen molar-refractivity contribution in [3.8, 4) is 0 Å². The number of hydrogen-bond acceptors (Lipinski definition) is 5. The fourth-order valence-electron chi connectivity index (χ4n) is 3.82. The topological polar surface area (TPSA) is 61.4 Å². The van der Waals surface area contributed by atoms with Crippen molar-refractivity contribution in [2.45, 2.75) is 44.6 Å². The van der Waals surface area contributed by atoms with E-state index in [1.54, 1.807) is 6.20 Å². The minimum atomic E-state index is 0. The quantitative estimate of drug-likeness (QED) is 0.817. The minimum Gasteiger partial charge on any atom is -0.355 e. The van der Waals surface area contributed by atoms with E-state index in [1.807, 2.05) is 24.1 Å². The van der Waals surface area contributed by atoms with Crippen LogP contribution in [0.15, 0.2) is 18.3 Å². The Labute approximate surface area is 168 Å². The number of hydrogen-bond donors (Lipinski definition) is 1. The molecular weight excluding hydrogens is 373 g/mol. The van der Waals surface area contributed by atoms with Crippen LogP contribution in [0.25, 0.3) is 0 Å². The number of nitrogens with one attached hydrogen (secondary N) is 1. The first-order valence-corrected chi connectivity index (χ1v) is 9.23. The molecule has 2 saturated heterocycles. The zero-order valence-electron chi connectivity index (χ0n) is 15.5. The maximum Gasteiger partial charge on any atom is 0.222 e. The van der Waals surface area contributed by atoms with E-state index in [4.69, 9.17) is 0 Å². The lowest BCUT2D eigenvalue weighted by Crippen LogP contribution is -2.46. The molecule has 0 saturated carbocycles. The molecule has 3 rings (SSSR count). The molecule has 148 valence electrons. The van der Waals surface area contributed by atoms with Gasteiger partial charge in [0.05, 0.1) is 0 Å². The zero-order chi connectivity index (χ0) is 16.8. The smallest absolute Gasteiger partial charge is 0.222 e. The van der Waals surface area contributed by atoms with Crippen molar-refractivity contribution in [1.82, 2.24) is 20.4 Å². The van der Waals surface area contributed by atoms with Crippen molar-refractivity contribution in [3.63, 3.8) is 0 Å². The third-order valence-electron chi connectivity index (χ3n) is 5.51. The normalized spacial score (nSPS) is 18.6. The van der Waals surface area contributed by atoms with Crippen molar-refractivity contribution in [2.75, 3.05) is 38.1 Å². The molecule has 0 bridgehead atoms. The Hall–Kier alpha value is -1.11. The van der Waals surface area contributed by atoms with Gasteiger partial charge in [0.2, 0.25) is 5.91 Å². The van der Waals surface area contributed by atoms with Gasteiger partial charge in [0.1, 0.15) is 0 Å². The van der Waals surface area contributed by atoms with Crippen LogP contribution >= 0.6 is 24.8 Å². The van der Waals surface area contributed by atoms with Crippen molar-refractivity contribution < 1.29 is 4.79 Å². The first-order valence-electron chi connectivity index (χ1n) is 9.23. The number of halogens is 2. The molecule has 0 aromatic carbocycles. The number of piperidine rings is 2. The van der Waals surface area contributed by atoms with Crippen LogP contribution in [-0.2, 0) is 4.79 Å². The molecule has 0 unspecified atom stereocenters. The summed E-state index contributed by atoms with van der Waals surface area (Å²) in [5.41, 5.74) is 0. The van der Waals surface area contributed by atoms with Crippen LogP contribution < -0.4 is 10.2 Å². The number of aromatic nitrogens is 2. The van der Waals surface area contributed by atoms with E-state index < -0.39 is 0 Å². The van der Waals surface area contributed by atoms with Gasteiger partial charge in [-0.3, -0.25) is 4.79 Å². The summed E-state index contributed by atoms with van der Waals surface area (Å²) in [6, 6.07) is 4.28. The van der Waals surface area contributed by atoms with Gasteiger partial charge in [-0.15, -0.1) is 29.9 Å². The van der Waals surface area contributed by atoms with Gasteiger partial charge in [-0.25, -0.2) is 0 Å². The summed E-state index contributed by atoms with van der Waals surface area (Å²) in [6.45, 7) is 4.09. The second-order valence-corrected chi connectivity index (χ2v) is 7.04. The number of carbonyl (C=O) groups excluding carboxylic acids is 1. The summed E-state index contributed by atoms with van der Waals surface area (Å²) in [5.74, 6) is 1.98. The molecule has 26 heavy (non-hydrogen) atoms. The van der Waals surface area contributed by atoms with E-state index in [2.05, 4.69) is 20.4 Å². The van der Waals surface area contributed by atoms with E-state index in [1.165, 1.54) is 12.8 Å². The standard InChI is InChI=1S/C18H29N5O.2ClH/c1-22(18(24)5-4-15-6-11-19-12-7-15)16-8-13-23(14-9-16)17-3-2-10-20-21-17;;/h2-3,10,15-16,19H,4-9,11-14H2,1H3;2*1H. The molecule has 6 nitrogen and oxygen atoms in total. The summed E-state index contributed by atoms with van der Waals surface area (Å²) in [7, 11) is 1.98. The molecule has 1 aromatic rings. The maximum absolute atomic E-state index is 12.5. The van der Waals surface area contributed by atoms with Gasteiger partial charge in [-0.1, -0.05) is 0 Å². The monoisotopic (exact) mass is 403 g/mol. The predicted molar refractivity (Wildman–Crippen MR) is 109 cm³/mol. The van der Waals surface area contributed by atoms with Gasteiger partial charge in [-0.2, -0.15) is 5.10 Å². The van der Waals surface area contributed by atoms with E-state index >= 15 is 0 Å². The van der Waals surface area contributed by atoms with E-state index in [-0.39, 0.29) is 24.8 Å². The molecule has 8 heteroatoms. The zero-order valence-corrected chi connectivity index (χ0v) is 17.1. The highest BCUT2D eigenvalue weighted by Gasteiger charge is 2.26. The average molecular weight is 404 g/mol. The second kappa shape index (κ2) is 11.6. The average Bonchev–Trinajstić information content (AvgIpc) is 2.67. The summed E-state index contributed by atoms with van der Waals surface area (Å²) < 4.78 is 0. The van der Waals surface area contributed by atoms with Gasteiger partial charge in [0.25, 0.3) is 0 Å². The summed E-state index contributed by atoms with van der Waals surface area (Å²) in [4.78, 5) is 16.8. The summed E-state index contributed by atoms with van der Waals surface area (Å²) in [5, 5.41) is 11.5. The molecule has 0 radical (unpaired) electrons. The predicted octanol–water partition coefficient (Wildman–Crippen LogP) is 2.53. The molecule has 3 heterocycles. The number of rotatable bonds is 5.